The number of aliphatic hydroxyl groups is 1. The van der Waals surface area contributed by atoms with Crippen LogP contribution in [-0.2, 0) is 19.7 Å². The second-order valence-corrected chi connectivity index (χ2v) is 10.0. The van der Waals surface area contributed by atoms with E-state index in [2.05, 4.69) is 0 Å². The lowest BCUT2D eigenvalue weighted by Crippen LogP contribution is -2.84. The third kappa shape index (κ3) is 1.84. The first-order chi connectivity index (χ1) is 15.7. The van der Waals surface area contributed by atoms with Crippen molar-refractivity contribution in [2.45, 2.75) is 48.8 Å². The summed E-state index contributed by atoms with van der Waals surface area (Å²) in [5.41, 5.74) is -3.60. The summed E-state index contributed by atoms with van der Waals surface area (Å²) in [6, 6.07) is 5.31. The van der Waals surface area contributed by atoms with E-state index >= 15 is 0 Å². The number of carbonyl (C=O) groups excluding carboxylic acids is 2. The zero-order valence-corrected chi connectivity index (χ0v) is 19.1. The number of methoxy groups -OCH3 is 3. The fourth-order valence-corrected chi connectivity index (χ4v) is 8.41. The normalized spacial score (nSPS) is 41.6. The van der Waals surface area contributed by atoms with Gasteiger partial charge < -0.3 is 29.2 Å². The predicted octanol–water partition coefficient (Wildman–Crippen LogP) is 2.35. The molecule has 33 heavy (non-hydrogen) atoms. The Morgan fingerprint density at radius 1 is 1.09 bits per heavy atom. The van der Waals surface area contributed by atoms with Crippen molar-refractivity contribution in [1.29, 1.82) is 0 Å². The fraction of sp³-hybridized carbons (Fsp3) is 0.583. The Labute approximate surface area is 191 Å². The van der Waals surface area contributed by atoms with Crippen LogP contribution in [0.25, 0.3) is 0 Å². The number of anilines is 1. The summed E-state index contributed by atoms with van der Waals surface area (Å²) in [5, 5.41) is 27.2. The first-order valence-corrected chi connectivity index (χ1v) is 11.4. The summed E-state index contributed by atoms with van der Waals surface area (Å²) < 4.78 is 15.2. The number of quaternary nitrogens is 1. The van der Waals surface area contributed by atoms with Crippen LogP contribution in [0.3, 0.4) is 0 Å². The van der Waals surface area contributed by atoms with Gasteiger partial charge >= 0.3 is 12.1 Å². The van der Waals surface area contributed by atoms with Crippen molar-refractivity contribution in [2.24, 2.45) is 5.41 Å². The molecule has 5 atom stereocenters. The molecule has 1 aromatic rings. The summed E-state index contributed by atoms with van der Waals surface area (Å²) in [7, 11) is 4.16. The maximum absolute atomic E-state index is 14.4. The van der Waals surface area contributed by atoms with Crippen molar-refractivity contribution in [1.82, 2.24) is 0 Å². The van der Waals surface area contributed by atoms with Gasteiger partial charge in [-0.05, 0) is 49.4 Å². The van der Waals surface area contributed by atoms with E-state index in [1.807, 2.05) is 6.07 Å². The summed E-state index contributed by atoms with van der Waals surface area (Å²) in [6.45, 7) is 0.503. The van der Waals surface area contributed by atoms with Gasteiger partial charge in [0.1, 0.15) is 16.7 Å². The number of hydrogen-bond acceptors (Lipinski definition) is 7. The third-order valence-corrected chi connectivity index (χ3v) is 9.42. The van der Waals surface area contributed by atoms with Crippen LogP contribution in [0.2, 0.25) is 0 Å². The highest BCUT2D eigenvalue weighted by molar-refractivity contribution is 6.03. The first kappa shape index (κ1) is 20.9. The molecule has 1 N–H and O–H groups in total. The topological polar surface area (TPSA) is 108 Å². The van der Waals surface area contributed by atoms with Crippen LogP contribution >= 0.6 is 0 Å². The molecule has 0 aromatic heterocycles. The Kier molecular flexibility index (Phi) is 3.86. The van der Waals surface area contributed by atoms with E-state index in [4.69, 9.17) is 14.2 Å². The van der Waals surface area contributed by atoms with Gasteiger partial charge in [-0.25, -0.2) is 9.59 Å². The van der Waals surface area contributed by atoms with Gasteiger partial charge in [-0.15, -0.1) is 0 Å². The lowest BCUT2D eigenvalue weighted by Gasteiger charge is -2.71. The average molecular weight is 456 g/mol. The van der Waals surface area contributed by atoms with E-state index in [-0.39, 0.29) is 6.54 Å². The highest BCUT2D eigenvalue weighted by Crippen LogP contribution is 2.79. The molecule has 0 radical (unpaired) electrons. The molecule has 3 aliphatic heterocycles. The number of esters is 1. The van der Waals surface area contributed by atoms with Crippen molar-refractivity contribution in [2.75, 3.05) is 39.3 Å². The average Bonchev–Trinajstić information content (AvgIpc) is 3.24. The molecule has 9 nitrogen and oxygen atoms in total. The molecule has 1 aromatic carbocycles. The predicted molar refractivity (Wildman–Crippen MR) is 116 cm³/mol. The van der Waals surface area contributed by atoms with Crippen molar-refractivity contribution in [3.63, 3.8) is 0 Å². The molecule has 1 amide bonds. The zero-order valence-electron chi connectivity index (χ0n) is 19.1. The van der Waals surface area contributed by atoms with Crippen LogP contribution in [0.4, 0.5) is 10.5 Å². The smallest absolute Gasteiger partial charge is 0.414 e. The maximum atomic E-state index is 14.4. The van der Waals surface area contributed by atoms with Gasteiger partial charge in [0, 0.05) is 6.42 Å². The Balaban J connectivity index is 1.79. The largest absolute Gasteiger partial charge is 0.631 e. The van der Waals surface area contributed by atoms with E-state index in [9.17, 15) is 19.9 Å². The molecule has 3 heterocycles. The molecule has 3 aliphatic carbocycles. The van der Waals surface area contributed by atoms with Gasteiger partial charge in [0.25, 0.3) is 0 Å². The molecule has 1 unspecified atom stereocenters. The third-order valence-electron chi connectivity index (χ3n) is 9.42. The standard InChI is InChI=1S/C24H28N2O7/c1-31-15-5-6-18-16(13-15)22-10-12-26(30)11-4-7-21(24(22,26)29)8-9-23(22,25(18)20(28)33-3)17(14-21)19(27)32-2/h5-6,13-14,29H,4,7-12H2,1-3H3/t21-,22+,23-,24-,26?/m1/s1. The van der Waals surface area contributed by atoms with Gasteiger partial charge in [-0.1, -0.05) is 6.08 Å². The van der Waals surface area contributed by atoms with E-state index in [0.29, 0.717) is 61.2 Å². The van der Waals surface area contributed by atoms with E-state index in [1.54, 1.807) is 25.3 Å². The number of ether oxygens (including phenoxy) is 3. The second kappa shape index (κ2) is 6.08. The van der Waals surface area contributed by atoms with E-state index in [0.717, 1.165) is 0 Å². The van der Waals surface area contributed by atoms with Gasteiger partial charge in [0.15, 0.2) is 0 Å². The summed E-state index contributed by atoms with van der Waals surface area (Å²) in [4.78, 5) is 28.2. The van der Waals surface area contributed by atoms with Crippen LogP contribution in [0, 0.1) is 10.6 Å². The molecule has 2 bridgehead atoms. The quantitative estimate of drug-likeness (QED) is 0.413. The SMILES string of the molecule is COC(=O)C1=C[C@@]23CCC[N+]4([O-])CC[C@@]5(c6cc(OC)ccc6N(C(=O)OC)[C@]15CC2)[C@]34O. The van der Waals surface area contributed by atoms with Gasteiger partial charge in [0.2, 0.25) is 5.72 Å². The Morgan fingerprint density at radius 2 is 1.88 bits per heavy atom. The van der Waals surface area contributed by atoms with Crippen molar-refractivity contribution in [3.05, 3.63) is 40.6 Å². The van der Waals surface area contributed by atoms with Crippen LogP contribution in [0.15, 0.2) is 29.8 Å². The molecule has 2 saturated heterocycles. The van der Waals surface area contributed by atoms with Crippen LogP contribution in [0.1, 0.15) is 37.7 Å². The number of hydrogen-bond donors (Lipinski definition) is 1. The highest BCUT2D eigenvalue weighted by atomic mass is 16.6. The summed E-state index contributed by atoms with van der Waals surface area (Å²) in [6.07, 6.45) is 3.63. The highest BCUT2D eigenvalue weighted by Gasteiger charge is 2.90. The summed E-state index contributed by atoms with van der Waals surface area (Å²) in [5.74, 6) is 0.00467. The number of carbonyl (C=O) groups is 2. The van der Waals surface area contributed by atoms with Crippen LogP contribution in [-0.4, -0.2) is 67.5 Å². The molecule has 3 spiro atoms. The lowest BCUT2D eigenvalue weighted by atomic mass is 9.40. The molecule has 176 valence electrons. The minimum absolute atomic E-state index is 0.202. The first-order valence-electron chi connectivity index (χ1n) is 11.4. The number of benzene rings is 1. The van der Waals surface area contributed by atoms with Gasteiger partial charge in [0.05, 0.1) is 51.1 Å². The number of rotatable bonds is 2. The second-order valence-electron chi connectivity index (χ2n) is 10.0. The Bertz CT molecular complexity index is 1140. The molecule has 3 fully saturated rings. The molecular weight excluding hydrogens is 428 g/mol. The minimum atomic E-state index is -1.74. The molecule has 7 rings (SSSR count). The monoisotopic (exact) mass is 456 g/mol. The summed E-state index contributed by atoms with van der Waals surface area (Å²) >= 11 is 0. The Morgan fingerprint density at radius 3 is 2.58 bits per heavy atom. The van der Waals surface area contributed by atoms with E-state index < -0.39 is 38.8 Å². The maximum Gasteiger partial charge on any atom is 0.414 e. The number of amides is 1. The zero-order chi connectivity index (χ0) is 23.4. The number of hydroxylamine groups is 3. The number of nitrogens with zero attached hydrogens (tertiary/aromatic N) is 2. The number of piperidine rings is 1. The van der Waals surface area contributed by atoms with E-state index in [1.165, 1.54) is 19.1 Å². The van der Waals surface area contributed by atoms with Gasteiger partial charge in [-0.3, -0.25) is 4.90 Å². The molecular formula is C24H28N2O7. The van der Waals surface area contributed by atoms with Crippen LogP contribution in [0.5, 0.6) is 5.75 Å². The Hall–Kier alpha value is -2.62. The van der Waals surface area contributed by atoms with Crippen molar-refractivity contribution >= 4 is 17.7 Å². The van der Waals surface area contributed by atoms with Crippen LogP contribution < -0.4 is 9.64 Å². The fourth-order valence-electron chi connectivity index (χ4n) is 8.41. The molecule has 6 aliphatic rings. The van der Waals surface area contributed by atoms with Crippen molar-refractivity contribution in [3.8, 4) is 5.75 Å². The van der Waals surface area contributed by atoms with Crippen molar-refractivity contribution < 1.29 is 33.6 Å². The molecule has 9 heteroatoms. The minimum Gasteiger partial charge on any atom is -0.631 e. The lowest BCUT2D eigenvalue weighted by molar-refractivity contribution is -0.965. The van der Waals surface area contributed by atoms with Gasteiger partial charge in [-0.2, -0.15) is 0 Å². The number of fused-ring (bicyclic) bond motifs is 2. The molecule has 1 saturated carbocycles.